The van der Waals surface area contributed by atoms with Gasteiger partial charge in [-0.05, 0) is 60.3 Å². The standard InChI is InChI=1S/C25H39F2NO4/c1-15(2)8-18-13-28-7-6-17-10-23(31-14-24(26)27)22(30-5)11-19(17)20(28)12-21(18)32-25(29)9-16(3)4/h10-11,15-16,18,20-21,24-25,29H,6-9,12-14H2,1-5H3. The largest absolute Gasteiger partial charge is 0.493 e. The van der Waals surface area contributed by atoms with Gasteiger partial charge in [0.1, 0.15) is 6.61 Å². The molecule has 1 aromatic carbocycles. The van der Waals surface area contributed by atoms with Crippen LogP contribution in [0.15, 0.2) is 12.1 Å². The van der Waals surface area contributed by atoms with Crippen LogP contribution in [-0.4, -0.2) is 55.6 Å². The van der Waals surface area contributed by atoms with Crippen LogP contribution in [-0.2, 0) is 11.2 Å². The first-order valence-corrected chi connectivity index (χ1v) is 11.9. The highest BCUT2D eigenvalue weighted by Crippen LogP contribution is 2.44. The first-order chi connectivity index (χ1) is 15.2. The highest BCUT2D eigenvalue weighted by molar-refractivity contribution is 5.49. The lowest BCUT2D eigenvalue weighted by Gasteiger charge is -2.48. The fourth-order valence-corrected chi connectivity index (χ4v) is 5.17. The lowest BCUT2D eigenvalue weighted by Crippen LogP contribution is -2.50. The summed E-state index contributed by atoms with van der Waals surface area (Å²) in [6.07, 6.45) is -0.00920. The Morgan fingerprint density at radius 2 is 1.88 bits per heavy atom. The number of fused-ring (bicyclic) bond motifs is 3. The molecule has 1 fully saturated rings. The van der Waals surface area contributed by atoms with Gasteiger partial charge in [0.05, 0.1) is 13.2 Å². The van der Waals surface area contributed by atoms with Crippen molar-refractivity contribution in [2.45, 2.75) is 78.2 Å². The van der Waals surface area contributed by atoms with Gasteiger partial charge in [-0.15, -0.1) is 0 Å². The number of methoxy groups -OCH3 is 1. The molecule has 3 rings (SSSR count). The first kappa shape index (κ1) is 25.2. The molecule has 2 aliphatic heterocycles. The van der Waals surface area contributed by atoms with Crippen molar-refractivity contribution < 1.29 is 28.1 Å². The minimum absolute atomic E-state index is 0.0286. The molecular weight excluding hydrogens is 416 g/mol. The Morgan fingerprint density at radius 1 is 1.12 bits per heavy atom. The maximum absolute atomic E-state index is 12.7. The Bertz CT molecular complexity index is 743. The maximum Gasteiger partial charge on any atom is 0.272 e. The Balaban J connectivity index is 1.84. The second-order valence-corrected chi connectivity index (χ2v) is 10.0. The molecule has 0 amide bonds. The third-order valence-corrected chi connectivity index (χ3v) is 6.49. The van der Waals surface area contributed by atoms with Gasteiger partial charge in [-0.3, -0.25) is 4.90 Å². The van der Waals surface area contributed by atoms with E-state index in [1.165, 1.54) is 7.11 Å². The third kappa shape index (κ3) is 6.33. The fourth-order valence-electron chi connectivity index (χ4n) is 5.17. The van der Waals surface area contributed by atoms with E-state index in [2.05, 4.69) is 32.6 Å². The summed E-state index contributed by atoms with van der Waals surface area (Å²) in [7, 11) is 1.53. The normalized spacial score (nSPS) is 24.5. The molecule has 7 heteroatoms. The summed E-state index contributed by atoms with van der Waals surface area (Å²) in [4.78, 5) is 2.50. The predicted molar refractivity (Wildman–Crippen MR) is 120 cm³/mol. The number of halogens is 2. The van der Waals surface area contributed by atoms with E-state index >= 15 is 0 Å². The summed E-state index contributed by atoms with van der Waals surface area (Å²) in [5.41, 5.74) is 2.26. The van der Waals surface area contributed by atoms with Crippen molar-refractivity contribution in [1.82, 2.24) is 4.90 Å². The number of ether oxygens (including phenoxy) is 3. The molecule has 2 aliphatic rings. The van der Waals surface area contributed by atoms with Crippen molar-refractivity contribution >= 4 is 0 Å². The number of nitrogens with zero attached hydrogens (tertiary/aromatic N) is 1. The average Bonchev–Trinajstić information content (AvgIpc) is 2.70. The van der Waals surface area contributed by atoms with E-state index in [1.807, 2.05) is 12.1 Å². The Kier molecular flexibility index (Phi) is 8.75. The molecule has 1 N–H and O–H groups in total. The number of alkyl halides is 2. The topological polar surface area (TPSA) is 51.2 Å². The molecular formula is C25H39F2NO4. The van der Waals surface area contributed by atoms with Gasteiger partial charge >= 0.3 is 0 Å². The van der Waals surface area contributed by atoms with Crippen LogP contribution in [0.1, 0.15) is 64.1 Å². The van der Waals surface area contributed by atoms with Crippen molar-refractivity contribution in [2.24, 2.45) is 17.8 Å². The zero-order valence-electron chi connectivity index (χ0n) is 20.0. The molecule has 1 saturated heterocycles. The number of aliphatic hydroxyl groups is 1. The molecule has 0 bridgehead atoms. The van der Waals surface area contributed by atoms with Gasteiger partial charge in [-0.1, -0.05) is 27.7 Å². The van der Waals surface area contributed by atoms with Crippen LogP contribution in [0.2, 0.25) is 0 Å². The molecule has 32 heavy (non-hydrogen) atoms. The molecule has 2 heterocycles. The molecule has 1 aromatic rings. The van der Waals surface area contributed by atoms with Crippen LogP contribution in [0.5, 0.6) is 11.5 Å². The van der Waals surface area contributed by atoms with Crippen LogP contribution in [0.4, 0.5) is 8.78 Å². The quantitative estimate of drug-likeness (QED) is 0.500. The van der Waals surface area contributed by atoms with E-state index in [0.717, 1.165) is 43.5 Å². The third-order valence-electron chi connectivity index (χ3n) is 6.49. The summed E-state index contributed by atoms with van der Waals surface area (Å²) >= 11 is 0. The summed E-state index contributed by atoms with van der Waals surface area (Å²) in [6.45, 7) is 9.80. The summed E-state index contributed by atoms with van der Waals surface area (Å²) in [5.74, 6) is 2.13. The Labute approximate surface area is 191 Å². The van der Waals surface area contributed by atoms with Gasteiger partial charge in [0.2, 0.25) is 0 Å². The fraction of sp³-hybridized carbons (Fsp3) is 0.760. The van der Waals surface area contributed by atoms with E-state index in [0.29, 0.717) is 35.7 Å². The SMILES string of the molecule is COc1cc2c(cc1OCC(F)F)CCN1CC(CC(C)C)C(OC(O)CC(C)C)CC21. The van der Waals surface area contributed by atoms with Crippen LogP contribution < -0.4 is 9.47 Å². The number of hydrogen-bond acceptors (Lipinski definition) is 5. The van der Waals surface area contributed by atoms with E-state index in [4.69, 9.17) is 14.2 Å². The van der Waals surface area contributed by atoms with Crippen LogP contribution in [0, 0.1) is 17.8 Å². The van der Waals surface area contributed by atoms with Gasteiger partial charge in [0, 0.05) is 25.6 Å². The van der Waals surface area contributed by atoms with E-state index in [9.17, 15) is 13.9 Å². The number of piperidine rings is 1. The zero-order valence-corrected chi connectivity index (χ0v) is 20.0. The van der Waals surface area contributed by atoms with E-state index in [-0.39, 0.29) is 12.1 Å². The second kappa shape index (κ2) is 11.1. The second-order valence-electron chi connectivity index (χ2n) is 10.0. The van der Waals surface area contributed by atoms with Crippen LogP contribution >= 0.6 is 0 Å². The summed E-state index contributed by atoms with van der Waals surface area (Å²) in [6, 6.07) is 3.95. The summed E-state index contributed by atoms with van der Waals surface area (Å²) in [5, 5.41) is 10.5. The smallest absolute Gasteiger partial charge is 0.272 e. The molecule has 0 aliphatic carbocycles. The van der Waals surface area contributed by atoms with E-state index in [1.54, 1.807) is 0 Å². The lowest BCUT2D eigenvalue weighted by atomic mass is 9.79. The number of aliphatic hydroxyl groups excluding tert-OH is 1. The van der Waals surface area contributed by atoms with Crippen LogP contribution in [0.3, 0.4) is 0 Å². The van der Waals surface area contributed by atoms with Gasteiger partial charge in [-0.2, -0.15) is 0 Å². The monoisotopic (exact) mass is 455 g/mol. The molecule has 0 aromatic heterocycles. The Morgan fingerprint density at radius 3 is 2.50 bits per heavy atom. The average molecular weight is 456 g/mol. The Hall–Kier alpha value is -1.44. The van der Waals surface area contributed by atoms with Gasteiger partial charge in [0.15, 0.2) is 17.8 Å². The molecule has 4 atom stereocenters. The van der Waals surface area contributed by atoms with Crippen molar-refractivity contribution in [3.8, 4) is 11.5 Å². The molecule has 0 radical (unpaired) electrons. The molecule has 182 valence electrons. The number of rotatable bonds is 10. The van der Waals surface area contributed by atoms with Crippen molar-refractivity contribution in [3.05, 3.63) is 23.3 Å². The predicted octanol–water partition coefficient (Wildman–Crippen LogP) is 5.05. The molecule has 4 unspecified atom stereocenters. The number of hydrogen-bond donors (Lipinski definition) is 1. The lowest BCUT2D eigenvalue weighted by molar-refractivity contribution is -0.180. The highest BCUT2D eigenvalue weighted by Gasteiger charge is 2.40. The van der Waals surface area contributed by atoms with E-state index < -0.39 is 19.3 Å². The molecule has 0 saturated carbocycles. The minimum Gasteiger partial charge on any atom is -0.493 e. The maximum atomic E-state index is 12.7. The minimum atomic E-state index is -2.53. The summed E-state index contributed by atoms with van der Waals surface area (Å²) < 4.78 is 42.3. The first-order valence-electron chi connectivity index (χ1n) is 11.9. The van der Waals surface area contributed by atoms with Crippen molar-refractivity contribution in [3.63, 3.8) is 0 Å². The van der Waals surface area contributed by atoms with Gasteiger partial charge in [-0.25, -0.2) is 8.78 Å². The number of benzene rings is 1. The highest BCUT2D eigenvalue weighted by atomic mass is 19.3. The van der Waals surface area contributed by atoms with Crippen molar-refractivity contribution in [1.29, 1.82) is 0 Å². The van der Waals surface area contributed by atoms with Crippen molar-refractivity contribution in [2.75, 3.05) is 26.8 Å². The molecule has 5 nitrogen and oxygen atoms in total. The van der Waals surface area contributed by atoms with Crippen LogP contribution in [0.25, 0.3) is 0 Å². The molecule has 0 spiro atoms. The zero-order chi connectivity index (χ0) is 23.4. The van der Waals surface area contributed by atoms with Gasteiger partial charge in [0.25, 0.3) is 6.43 Å². The van der Waals surface area contributed by atoms with Gasteiger partial charge < -0.3 is 19.3 Å².